The van der Waals surface area contributed by atoms with Crippen LogP contribution in [0.2, 0.25) is 0 Å². The summed E-state index contributed by atoms with van der Waals surface area (Å²) in [6, 6.07) is 17.1. The molecule has 0 aliphatic carbocycles. The van der Waals surface area contributed by atoms with Crippen LogP contribution in [-0.2, 0) is 4.74 Å². The summed E-state index contributed by atoms with van der Waals surface area (Å²) in [4.78, 5) is 0. The molecule has 2 aromatic rings. The maximum absolute atomic E-state index is 5.73. The number of hydrogen-bond donors (Lipinski definition) is 1. The molecule has 0 radical (unpaired) electrons. The van der Waals surface area contributed by atoms with Gasteiger partial charge in [-0.25, -0.2) is 0 Å². The first-order valence-corrected chi connectivity index (χ1v) is 5.39. The highest BCUT2D eigenvalue weighted by atomic mass is 16.7. The highest BCUT2D eigenvalue weighted by Gasteiger charge is 2.11. The average molecular weight is 229 g/mol. The third-order valence-corrected chi connectivity index (χ3v) is 2.39. The number of nitrogens with two attached hydrogens (primary N) is 1. The summed E-state index contributed by atoms with van der Waals surface area (Å²) < 4.78 is 11.0. The van der Waals surface area contributed by atoms with Gasteiger partial charge in [0.15, 0.2) is 0 Å². The molecule has 1 atom stereocenters. The second-order valence-electron chi connectivity index (χ2n) is 3.67. The molecule has 0 bridgehead atoms. The minimum absolute atomic E-state index is 0.419. The Morgan fingerprint density at radius 1 is 1.00 bits per heavy atom. The summed E-state index contributed by atoms with van der Waals surface area (Å²) >= 11 is 0. The Balaban J connectivity index is 2.16. The number of rotatable bonds is 4. The van der Waals surface area contributed by atoms with E-state index in [0.29, 0.717) is 11.4 Å². The van der Waals surface area contributed by atoms with Gasteiger partial charge in [-0.1, -0.05) is 36.4 Å². The standard InChI is InChI=1S/C14H15NO2/c1-16-14(11-6-3-2-4-7-11)17-13-9-5-8-12(15)10-13/h2-10,14H,15H2,1H3. The molecule has 3 nitrogen and oxygen atoms in total. The van der Waals surface area contributed by atoms with Gasteiger partial charge in [0.05, 0.1) is 0 Å². The maximum atomic E-state index is 5.73. The molecule has 0 fully saturated rings. The molecule has 0 saturated heterocycles. The molecule has 0 aliphatic rings. The lowest BCUT2D eigenvalue weighted by Crippen LogP contribution is -2.09. The van der Waals surface area contributed by atoms with Gasteiger partial charge < -0.3 is 15.2 Å². The lowest BCUT2D eigenvalue weighted by molar-refractivity contribution is -0.0562. The minimum Gasteiger partial charge on any atom is -0.461 e. The van der Waals surface area contributed by atoms with E-state index < -0.39 is 6.29 Å². The van der Waals surface area contributed by atoms with Gasteiger partial charge in [-0.05, 0) is 12.1 Å². The summed E-state index contributed by atoms with van der Waals surface area (Å²) in [6.07, 6.45) is -0.419. The normalized spacial score (nSPS) is 12.1. The van der Waals surface area contributed by atoms with Crippen LogP contribution in [0.25, 0.3) is 0 Å². The molecule has 1 unspecified atom stereocenters. The van der Waals surface area contributed by atoms with Gasteiger partial charge in [-0.2, -0.15) is 0 Å². The summed E-state index contributed by atoms with van der Waals surface area (Å²) in [5.74, 6) is 0.695. The lowest BCUT2D eigenvalue weighted by atomic mass is 10.2. The fraction of sp³-hybridized carbons (Fsp3) is 0.143. The predicted molar refractivity (Wildman–Crippen MR) is 67.7 cm³/mol. The second kappa shape index (κ2) is 5.37. The smallest absolute Gasteiger partial charge is 0.226 e. The van der Waals surface area contributed by atoms with E-state index in [1.165, 1.54) is 0 Å². The topological polar surface area (TPSA) is 44.5 Å². The van der Waals surface area contributed by atoms with Crippen LogP contribution in [0, 0.1) is 0 Å². The van der Waals surface area contributed by atoms with E-state index in [0.717, 1.165) is 5.56 Å². The Bertz CT molecular complexity index is 471. The van der Waals surface area contributed by atoms with E-state index in [9.17, 15) is 0 Å². The molecule has 0 aromatic heterocycles. The zero-order valence-electron chi connectivity index (χ0n) is 9.67. The summed E-state index contributed by atoms with van der Waals surface area (Å²) in [5.41, 5.74) is 7.34. The van der Waals surface area contributed by atoms with E-state index in [2.05, 4.69) is 0 Å². The van der Waals surface area contributed by atoms with Crippen molar-refractivity contribution in [3.63, 3.8) is 0 Å². The zero-order chi connectivity index (χ0) is 12.1. The molecule has 0 amide bonds. The molecule has 2 aromatic carbocycles. The van der Waals surface area contributed by atoms with Crippen LogP contribution in [0.3, 0.4) is 0 Å². The highest BCUT2D eigenvalue weighted by Crippen LogP contribution is 2.23. The summed E-state index contributed by atoms with van der Waals surface area (Å²) in [7, 11) is 1.62. The van der Waals surface area contributed by atoms with E-state index in [4.69, 9.17) is 15.2 Å². The third-order valence-electron chi connectivity index (χ3n) is 2.39. The van der Waals surface area contributed by atoms with E-state index >= 15 is 0 Å². The molecule has 0 heterocycles. The number of hydrogen-bond acceptors (Lipinski definition) is 3. The van der Waals surface area contributed by atoms with Crippen molar-refractivity contribution in [2.45, 2.75) is 6.29 Å². The van der Waals surface area contributed by atoms with Crippen LogP contribution < -0.4 is 10.5 Å². The number of ether oxygens (including phenoxy) is 2. The molecule has 17 heavy (non-hydrogen) atoms. The second-order valence-corrected chi connectivity index (χ2v) is 3.67. The minimum atomic E-state index is -0.419. The molecule has 3 heteroatoms. The molecule has 2 rings (SSSR count). The predicted octanol–water partition coefficient (Wildman–Crippen LogP) is 2.99. The van der Waals surface area contributed by atoms with Gasteiger partial charge in [-0.3, -0.25) is 0 Å². The number of nitrogen functional groups attached to an aromatic ring is 1. The number of anilines is 1. The first-order valence-electron chi connectivity index (χ1n) is 5.39. The molecular formula is C14H15NO2. The van der Waals surface area contributed by atoms with Crippen molar-refractivity contribution < 1.29 is 9.47 Å². The van der Waals surface area contributed by atoms with Crippen LogP contribution in [0.1, 0.15) is 11.9 Å². The number of methoxy groups -OCH3 is 1. The maximum Gasteiger partial charge on any atom is 0.226 e. The van der Waals surface area contributed by atoms with Gasteiger partial charge in [0, 0.05) is 24.4 Å². The first-order chi connectivity index (χ1) is 8.29. The molecule has 0 aliphatic heterocycles. The van der Waals surface area contributed by atoms with Crippen LogP contribution in [-0.4, -0.2) is 7.11 Å². The molecule has 88 valence electrons. The molecule has 0 spiro atoms. The van der Waals surface area contributed by atoms with Gasteiger partial charge in [-0.15, -0.1) is 0 Å². The Kier molecular flexibility index (Phi) is 3.62. The van der Waals surface area contributed by atoms with Crippen molar-refractivity contribution in [2.75, 3.05) is 12.8 Å². The monoisotopic (exact) mass is 229 g/mol. The largest absolute Gasteiger partial charge is 0.461 e. The van der Waals surface area contributed by atoms with Crippen LogP contribution in [0.4, 0.5) is 5.69 Å². The first kappa shape index (κ1) is 11.5. The van der Waals surface area contributed by atoms with E-state index in [-0.39, 0.29) is 0 Å². The summed E-state index contributed by atoms with van der Waals surface area (Å²) in [5, 5.41) is 0. The van der Waals surface area contributed by atoms with Crippen molar-refractivity contribution in [3.05, 3.63) is 60.2 Å². The Hall–Kier alpha value is -2.00. The van der Waals surface area contributed by atoms with Gasteiger partial charge >= 0.3 is 0 Å². The van der Waals surface area contributed by atoms with E-state index in [1.54, 1.807) is 13.2 Å². The lowest BCUT2D eigenvalue weighted by Gasteiger charge is -2.17. The van der Waals surface area contributed by atoms with Crippen LogP contribution in [0.15, 0.2) is 54.6 Å². The molecule has 0 saturated carbocycles. The van der Waals surface area contributed by atoms with Crippen LogP contribution >= 0.6 is 0 Å². The fourth-order valence-corrected chi connectivity index (χ4v) is 1.57. The third kappa shape index (κ3) is 2.98. The quantitative estimate of drug-likeness (QED) is 0.647. The van der Waals surface area contributed by atoms with Gasteiger partial charge in [0.1, 0.15) is 5.75 Å². The highest BCUT2D eigenvalue weighted by molar-refractivity contribution is 5.43. The van der Waals surface area contributed by atoms with Crippen molar-refractivity contribution >= 4 is 5.69 Å². The number of benzene rings is 2. The van der Waals surface area contributed by atoms with Gasteiger partial charge in [0.25, 0.3) is 0 Å². The van der Waals surface area contributed by atoms with Crippen molar-refractivity contribution in [1.82, 2.24) is 0 Å². The zero-order valence-corrected chi connectivity index (χ0v) is 9.67. The fourth-order valence-electron chi connectivity index (χ4n) is 1.57. The van der Waals surface area contributed by atoms with Crippen molar-refractivity contribution in [1.29, 1.82) is 0 Å². The Morgan fingerprint density at radius 3 is 2.41 bits per heavy atom. The molecule has 2 N–H and O–H groups in total. The van der Waals surface area contributed by atoms with Crippen molar-refractivity contribution in [3.8, 4) is 5.75 Å². The van der Waals surface area contributed by atoms with Crippen LogP contribution in [0.5, 0.6) is 5.75 Å². The average Bonchev–Trinajstić information content (AvgIpc) is 2.37. The van der Waals surface area contributed by atoms with Crippen molar-refractivity contribution in [2.24, 2.45) is 0 Å². The van der Waals surface area contributed by atoms with E-state index in [1.807, 2.05) is 48.5 Å². The SMILES string of the molecule is COC(Oc1cccc(N)c1)c1ccccc1. The molecular weight excluding hydrogens is 214 g/mol. The van der Waals surface area contributed by atoms with Gasteiger partial charge in [0.2, 0.25) is 6.29 Å². The summed E-state index contributed by atoms with van der Waals surface area (Å²) in [6.45, 7) is 0. The Morgan fingerprint density at radius 2 is 1.76 bits per heavy atom. The Labute approximate surface area is 101 Å².